The van der Waals surface area contributed by atoms with Gasteiger partial charge in [0.05, 0.1) is 6.10 Å². The third-order valence-corrected chi connectivity index (χ3v) is 2.84. The number of halogens is 1. The first-order chi connectivity index (χ1) is 6.25. The van der Waals surface area contributed by atoms with Crippen LogP contribution in [0.3, 0.4) is 0 Å². The molecule has 0 saturated carbocycles. The van der Waals surface area contributed by atoms with Crippen molar-refractivity contribution in [3.63, 3.8) is 0 Å². The molecular weight excluding hydrogens is 279 g/mol. The Morgan fingerprint density at radius 1 is 1.54 bits per heavy atom. The molecule has 0 unspecified atom stereocenters. The molecule has 1 atom stereocenters. The first kappa shape index (κ1) is 9.21. The average molecular weight is 290 g/mol. The zero-order valence-corrected chi connectivity index (χ0v) is 9.31. The minimum Gasteiger partial charge on any atom is -0.391 e. The minimum atomic E-state index is -0.180. The number of aromatic nitrogens is 1. The minimum absolute atomic E-state index is 0.180. The molecule has 1 aliphatic heterocycles. The van der Waals surface area contributed by atoms with Crippen LogP contribution in [0.15, 0.2) is 18.3 Å². The zero-order chi connectivity index (χ0) is 9.26. The van der Waals surface area contributed by atoms with Gasteiger partial charge in [-0.05, 0) is 41.1 Å². The molecule has 1 saturated heterocycles. The lowest BCUT2D eigenvalue weighted by molar-refractivity contribution is 0.198. The van der Waals surface area contributed by atoms with Gasteiger partial charge in [-0.2, -0.15) is 0 Å². The Balaban J connectivity index is 2.13. The van der Waals surface area contributed by atoms with Crippen molar-refractivity contribution < 1.29 is 5.11 Å². The molecule has 3 nitrogen and oxygen atoms in total. The van der Waals surface area contributed by atoms with Gasteiger partial charge in [0, 0.05) is 22.9 Å². The fourth-order valence-electron chi connectivity index (χ4n) is 1.50. The van der Waals surface area contributed by atoms with Crippen molar-refractivity contribution in [2.45, 2.75) is 12.5 Å². The summed E-state index contributed by atoms with van der Waals surface area (Å²) < 4.78 is 1.14. The standard InChI is InChI=1S/C9H11IN2O/c10-7-1-2-9(11-5-7)12-4-3-8(13)6-12/h1-2,5,8,13H,3-4,6H2/t8-/m0/s1. The van der Waals surface area contributed by atoms with Crippen LogP contribution in [0.25, 0.3) is 0 Å². The Kier molecular flexibility index (Phi) is 2.69. The van der Waals surface area contributed by atoms with Gasteiger partial charge < -0.3 is 10.0 Å². The normalized spacial score (nSPS) is 22.3. The molecule has 70 valence electrons. The second-order valence-corrected chi connectivity index (χ2v) is 4.47. The number of rotatable bonds is 1. The van der Waals surface area contributed by atoms with E-state index >= 15 is 0 Å². The fourth-order valence-corrected chi connectivity index (χ4v) is 1.82. The van der Waals surface area contributed by atoms with Crippen LogP contribution in [0.5, 0.6) is 0 Å². The summed E-state index contributed by atoms with van der Waals surface area (Å²) in [5, 5.41) is 9.34. The summed E-state index contributed by atoms with van der Waals surface area (Å²) in [5.74, 6) is 0.969. The van der Waals surface area contributed by atoms with Crippen molar-refractivity contribution in [1.29, 1.82) is 0 Å². The van der Waals surface area contributed by atoms with E-state index in [1.165, 1.54) is 0 Å². The van der Waals surface area contributed by atoms with Gasteiger partial charge in [-0.3, -0.25) is 0 Å². The predicted molar refractivity (Wildman–Crippen MR) is 59.8 cm³/mol. The van der Waals surface area contributed by atoms with Crippen LogP contribution in [-0.2, 0) is 0 Å². The van der Waals surface area contributed by atoms with E-state index in [1.54, 1.807) is 0 Å². The third-order valence-electron chi connectivity index (χ3n) is 2.20. The number of pyridine rings is 1. The van der Waals surface area contributed by atoms with E-state index in [-0.39, 0.29) is 6.10 Å². The van der Waals surface area contributed by atoms with Crippen LogP contribution in [0.4, 0.5) is 5.82 Å². The predicted octanol–water partition coefficient (Wildman–Crippen LogP) is 1.26. The van der Waals surface area contributed by atoms with E-state index in [1.807, 2.05) is 18.3 Å². The number of aliphatic hydroxyl groups excluding tert-OH is 1. The Morgan fingerprint density at radius 3 is 2.92 bits per heavy atom. The van der Waals surface area contributed by atoms with E-state index in [4.69, 9.17) is 0 Å². The first-order valence-corrected chi connectivity index (χ1v) is 5.38. The summed E-state index contributed by atoms with van der Waals surface area (Å²) in [7, 11) is 0. The monoisotopic (exact) mass is 290 g/mol. The van der Waals surface area contributed by atoms with Gasteiger partial charge in [-0.15, -0.1) is 0 Å². The molecular formula is C9H11IN2O. The quantitative estimate of drug-likeness (QED) is 0.791. The average Bonchev–Trinajstić information content (AvgIpc) is 2.53. The molecule has 1 aromatic rings. The van der Waals surface area contributed by atoms with E-state index in [0.717, 1.165) is 22.4 Å². The van der Waals surface area contributed by atoms with E-state index in [9.17, 15) is 5.11 Å². The third kappa shape index (κ3) is 2.11. The van der Waals surface area contributed by atoms with Gasteiger partial charge in [0.1, 0.15) is 5.82 Å². The van der Waals surface area contributed by atoms with Gasteiger partial charge in [-0.25, -0.2) is 4.98 Å². The smallest absolute Gasteiger partial charge is 0.128 e. The Morgan fingerprint density at radius 2 is 2.38 bits per heavy atom. The molecule has 4 heteroatoms. The van der Waals surface area contributed by atoms with Gasteiger partial charge in [0.2, 0.25) is 0 Å². The summed E-state index contributed by atoms with van der Waals surface area (Å²) in [6.07, 6.45) is 2.52. The number of nitrogens with zero attached hydrogens (tertiary/aromatic N) is 2. The van der Waals surface area contributed by atoms with Crippen LogP contribution in [-0.4, -0.2) is 29.3 Å². The molecule has 0 spiro atoms. The lowest BCUT2D eigenvalue weighted by atomic mass is 10.3. The SMILES string of the molecule is O[C@H]1CCN(c2ccc(I)cn2)C1. The first-order valence-electron chi connectivity index (χ1n) is 4.30. The molecule has 1 aliphatic rings. The Labute approximate surface area is 90.9 Å². The molecule has 1 fully saturated rings. The van der Waals surface area contributed by atoms with Crippen molar-refractivity contribution >= 4 is 28.4 Å². The molecule has 0 radical (unpaired) electrons. The summed E-state index contributed by atoms with van der Waals surface area (Å²) in [6.45, 7) is 1.63. The van der Waals surface area contributed by atoms with Gasteiger partial charge >= 0.3 is 0 Å². The lowest BCUT2D eigenvalue weighted by Crippen LogP contribution is -2.21. The molecule has 0 aromatic carbocycles. The van der Waals surface area contributed by atoms with E-state index in [0.29, 0.717) is 6.54 Å². The molecule has 2 rings (SSSR count). The number of aliphatic hydroxyl groups is 1. The number of β-amino-alcohol motifs (C(OH)–C–C–N with tert-alkyl or cyclic N) is 1. The van der Waals surface area contributed by atoms with Gasteiger partial charge in [0.25, 0.3) is 0 Å². The number of anilines is 1. The Bertz CT molecular complexity index is 288. The van der Waals surface area contributed by atoms with Crippen LogP contribution >= 0.6 is 22.6 Å². The largest absolute Gasteiger partial charge is 0.391 e. The molecule has 0 aliphatic carbocycles. The van der Waals surface area contributed by atoms with Crippen LogP contribution < -0.4 is 4.90 Å². The summed E-state index contributed by atoms with van der Waals surface area (Å²) in [4.78, 5) is 6.41. The Hall–Kier alpha value is -0.360. The van der Waals surface area contributed by atoms with Crippen molar-refractivity contribution in [2.24, 2.45) is 0 Å². The topological polar surface area (TPSA) is 36.4 Å². The molecule has 2 heterocycles. The lowest BCUT2D eigenvalue weighted by Gasteiger charge is -2.15. The molecule has 0 amide bonds. The highest BCUT2D eigenvalue weighted by atomic mass is 127. The van der Waals surface area contributed by atoms with Gasteiger partial charge in [0.15, 0.2) is 0 Å². The number of hydrogen-bond donors (Lipinski definition) is 1. The molecule has 0 bridgehead atoms. The van der Waals surface area contributed by atoms with Crippen LogP contribution in [0.2, 0.25) is 0 Å². The van der Waals surface area contributed by atoms with Crippen molar-refractivity contribution in [1.82, 2.24) is 4.98 Å². The highest BCUT2D eigenvalue weighted by Gasteiger charge is 2.20. The highest BCUT2D eigenvalue weighted by molar-refractivity contribution is 14.1. The summed E-state index contributed by atoms with van der Waals surface area (Å²) in [6, 6.07) is 4.04. The van der Waals surface area contributed by atoms with E-state index in [2.05, 4.69) is 32.5 Å². The van der Waals surface area contributed by atoms with Crippen molar-refractivity contribution in [3.8, 4) is 0 Å². The fraction of sp³-hybridized carbons (Fsp3) is 0.444. The number of hydrogen-bond acceptors (Lipinski definition) is 3. The molecule has 1 N–H and O–H groups in total. The second-order valence-electron chi connectivity index (χ2n) is 3.22. The molecule has 13 heavy (non-hydrogen) atoms. The summed E-state index contributed by atoms with van der Waals surface area (Å²) in [5.41, 5.74) is 0. The zero-order valence-electron chi connectivity index (χ0n) is 7.15. The van der Waals surface area contributed by atoms with E-state index < -0.39 is 0 Å². The van der Waals surface area contributed by atoms with Gasteiger partial charge in [-0.1, -0.05) is 0 Å². The summed E-state index contributed by atoms with van der Waals surface area (Å²) >= 11 is 2.23. The second kappa shape index (κ2) is 3.79. The van der Waals surface area contributed by atoms with Crippen molar-refractivity contribution in [2.75, 3.05) is 18.0 Å². The maximum atomic E-state index is 9.34. The molecule has 1 aromatic heterocycles. The maximum Gasteiger partial charge on any atom is 0.128 e. The van der Waals surface area contributed by atoms with Crippen LogP contribution in [0, 0.1) is 3.57 Å². The maximum absolute atomic E-state index is 9.34. The van der Waals surface area contributed by atoms with Crippen LogP contribution in [0.1, 0.15) is 6.42 Å². The van der Waals surface area contributed by atoms with Crippen molar-refractivity contribution in [3.05, 3.63) is 21.9 Å². The highest BCUT2D eigenvalue weighted by Crippen LogP contribution is 2.18.